The van der Waals surface area contributed by atoms with Crippen molar-refractivity contribution in [2.75, 3.05) is 0 Å². The molecule has 0 spiro atoms. The van der Waals surface area contributed by atoms with E-state index in [1.807, 2.05) is 31.3 Å². The number of aromatic nitrogens is 4. The Morgan fingerprint density at radius 3 is 2.76 bits per heavy atom. The van der Waals surface area contributed by atoms with Crippen LogP contribution < -0.4 is 0 Å². The van der Waals surface area contributed by atoms with Gasteiger partial charge in [-0.2, -0.15) is 10.2 Å². The van der Waals surface area contributed by atoms with Crippen LogP contribution in [0.3, 0.4) is 0 Å². The van der Waals surface area contributed by atoms with Crippen LogP contribution in [-0.2, 0) is 6.54 Å². The maximum Gasteiger partial charge on any atom is 0.153 e. The molecule has 0 N–H and O–H groups in total. The number of carbonyl (C=O) groups excluding carboxylic acids is 1. The van der Waals surface area contributed by atoms with E-state index in [1.165, 1.54) is 0 Å². The zero-order chi connectivity index (χ0) is 14.8. The molecule has 0 saturated carbocycles. The number of rotatable bonds is 4. The molecule has 0 fully saturated rings. The number of aldehydes is 1. The Hall–Kier alpha value is -2.40. The minimum absolute atomic E-state index is 0.505. The van der Waals surface area contributed by atoms with E-state index in [9.17, 15) is 4.79 Å². The van der Waals surface area contributed by atoms with Crippen LogP contribution in [0.2, 0.25) is 5.02 Å². The van der Waals surface area contributed by atoms with Crippen molar-refractivity contribution in [3.05, 3.63) is 53.4 Å². The average molecular weight is 301 g/mol. The van der Waals surface area contributed by atoms with Crippen molar-refractivity contribution in [1.82, 2.24) is 19.6 Å². The SMILES string of the molecule is CCn1cc(-c2nn(-c3ccccc3Cl)cc2C=O)cn1. The average Bonchev–Trinajstić information content (AvgIpc) is 3.13. The smallest absolute Gasteiger partial charge is 0.153 e. The van der Waals surface area contributed by atoms with E-state index in [-0.39, 0.29) is 0 Å². The summed E-state index contributed by atoms with van der Waals surface area (Å²) >= 11 is 6.17. The van der Waals surface area contributed by atoms with E-state index < -0.39 is 0 Å². The van der Waals surface area contributed by atoms with Gasteiger partial charge in [0, 0.05) is 24.5 Å². The van der Waals surface area contributed by atoms with E-state index in [4.69, 9.17) is 11.6 Å². The number of carbonyl (C=O) groups is 1. The molecule has 0 atom stereocenters. The van der Waals surface area contributed by atoms with Gasteiger partial charge < -0.3 is 0 Å². The lowest BCUT2D eigenvalue weighted by atomic mass is 10.2. The Bertz CT molecular complexity index is 791. The zero-order valence-corrected chi connectivity index (χ0v) is 12.2. The maximum atomic E-state index is 11.3. The van der Waals surface area contributed by atoms with Crippen LogP contribution in [0.5, 0.6) is 0 Å². The molecule has 1 aromatic carbocycles. The van der Waals surface area contributed by atoms with Gasteiger partial charge in [0.15, 0.2) is 6.29 Å². The summed E-state index contributed by atoms with van der Waals surface area (Å²) in [5.74, 6) is 0. The van der Waals surface area contributed by atoms with Crippen molar-refractivity contribution < 1.29 is 4.79 Å². The van der Waals surface area contributed by atoms with Crippen molar-refractivity contribution in [3.8, 4) is 16.9 Å². The van der Waals surface area contributed by atoms with E-state index in [1.54, 1.807) is 27.8 Å². The zero-order valence-electron chi connectivity index (χ0n) is 11.4. The molecule has 106 valence electrons. The summed E-state index contributed by atoms with van der Waals surface area (Å²) in [5.41, 5.74) is 2.65. The molecule has 0 aliphatic heterocycles. The van der Waals surface area contributed by atoms with Crippen LogP contribution >= 0.6 is 11.6 Å². The minimum Gasteiger partial charge on any atom is -0.298 e. The number of benzene rings is 1. The third-order valence-corrected chi connectivity index (χ3v) is 3.52. The van der Waals surface area contributed by atoms with Crippen molar-refractivity contribution in [1.29, 1.82) is 0 Å². The highest BCUT2D eigenvalue weighted by Gasteiger charge is 2.14. The highest BCUT2D eigenvalue weighted by Crippen LogP contribution is 2.25. The largest absolute Gasteiger partial charge is 0.298 e. The molecular formula is C15H13ClN4O. The molecule has 21 heavy (non-hydrogen) atoms. The number of hydrogen-bond donors (Lipinski definition) is 0. The first kappa shape index (κ1) is 13.6. The Balaban J connectivity index is 2.10. The summed E-state index contributed by atoms with van der Waals surface area (Å²) in [4.78, 5) is 11.3. The standard InChI is InChI=1S/C15H13ClN4O/c1-2-19-8-11(7-17-19)15-12(10-21)9-20(18-15)14-6-4-3-5-13(14)16/h3-10H,2H2,1H3. The molecule has 0 aliphatic rings. The second-order valence-electron chi connectivity index (χ2n) is 4.53. The summed E-state index contributed by atoms with van der Waals surface area (Å²) in [5, 5.41) is 9.27. The molecule has 2 heterocycles. The quantitative estimate of drug-likeness (QED) is 0.695. The van der Waals surface area contributed by atoms with Gasteiger partial charge in [-0.3, -0.25) is 9.48 Å². The fourth-order valence-electron chi connectivity index (χ4n) is 2.12. The molecular weight excluding hydrogens is 288 g/mol. The topological polar surface area (TPSA) is 52.7 Å². The minimum atomic E-state index is 0.505. The van der Waals surface area contributed by atoms with Gasteiger partial charge in [0.05, 0.1) is 22.5 Å². The van der Waals surface area contributed by atoms with Crippen LogP contribution in [-0.4, -0.2) is 25.8 Å². The molecule has 0 bridgehead atoms. The second-order valence-corrected chi connectivity index (χ2v) is 4.94. The summed E-state index contributed by atoms with van der Waals surface area (Å²) in [6.07, 6.45) is 6.04. The first-order valence-corrected chi connectivity index (χ1v) is 6.93. The van der Waals surface area contributed by atoms with Crippen molar-refractivity contribution in [2.45, 2.75) is 13.5 Å². The van der Waals surface area contributed by atoms with Gasteiger partial charge in [-0.15, -0.1) is 0 Å². The maximum absolute atomic E-state index is 11.3. The molecule has 6 heteroatoms. The van der Waals surface area contributed by atoms with Gasteiger partial charge in [0.25, 0.3) is 0 Å². The molecule has 0 aliphatic carbocycles. The molecule has 0 saturated heterocycles. The van der Waals surface area contributed by atoms with Crippen LogP contribution in [0, 0.1) is 0 Å². The highest BCUT2D eigenvalue weighted by atomic mass is 35.5. The van der Waals surface area contributed by atoms with Crippen LogP contribution in [0.4, 0.5) is 0 Å². The molecule has 0 amide bonds. The fraction of sp³-hybridized carbons (Fsp3) is 0.133. The van der Waals surface area contributed by atoms with Crippen molar-refractivity contribution >= 4 is 17.9 Å². The molecule has 2 aromatic heterocycles. The van der Waals surface area contributed by atoms with E-state index in [0.717, 1.165) is 24.1 Å². The number of halogens is 1. The summed E-state index contributed by atoms with van der Waals surface area (Å²) in [6.45, 7) is 2.77. The summed E-state index contributed by atoms with van der Waals surface area (Å²) < 4.78 is 3.41. The Morgan fingerprint density at radius 1 is 1.29 bits per heavy atom. The fourth-order valence-corrected chi connectivity index (χ4v) is 2.34. The van der Waals surface area contributed by atoms with Gasteiger partial charge in [-0.1, -0.05) is 23.7 Å². The summed E-state index contributed by atoms with van der Waals surface area (Å²) in [7, 11) is 0. The van der Waals surface area contributed by atoms with Gasteiger partial charge in [0.2, 0.25) is 0 Å². The van der Waals surface area contributed by atoms with Crippen molar-refractivity contribution in [3.63, 3.8) is 0 Å². The lowest BCUT2D eigenvalue weighted by Gasteiger charge is -2.02. The van der Waals surface area contributed by atoms with E-state index >= 15 is 0 Å². The number of aryl methyl sites for hydroxylation is 1. The molecule has 5 nitrogen and oxygen atoms in total. The van der Waals surface area contributed by atoms with Gasteiger partial charge in [-0.05, 0) is 19.1 Å². The van der Waals surface area contributed by atoms with E-state index in [0.29, 0.717) is 16.3 Å². The molecule has 0 unspecified atom stereocenters. The first-order valence-electron chi connectivity index (χ1n) is 6.55. The van der Waals surface area contributed by atoms with Gasteiger partial charge >= 0.3 is 0 Å². The molecule has 0 radical (unpaired) electrons. The van der Waals surface area contributed by atoms with Crippen LogP contribution in [0.15, 0.2) is 42.9 Å². The number of nitrogens with zero attached hydrogens (tertiary/aromatic N) is 4. The van der Waals surface area contributed by atoms with Crippen LogP contribution in [0.1, 0.15) is 17.3 Å². The first-order chi connectivity index (χ1) is 10.2. The van der Waals surface area contributed by atoms with E-state index in [2.05, 4.69) is 10.2 Å². The lowest BCUT2D eigenvalue weighted by Crippen LogP contribution is -1.95. The highest BCUT2D eigenvalue weighted by molar-refractivity contribution is 6.32. The third-order valence-electron chi connectivity index (χ3n) is 3.20. The Kier molecular flexibility index (Phi) is 3.58. The monoisotopic (exact) mass is 300 g/mol. The second kappa shape index (κ2) is 5.54. The Labute approximate surface area is 126 Å². The van der Waals surface area contributed by atoms with Gasteiger partial charge in [0.1, 0.15) is 5.69 Å². The van der Waals surface area contributed by atoms with Crippen molar-refractivity contribution in [2.24, 2.45) is 0 Å². The van der Waals surface area contributed by atoms with Crippen LogP contribution in [0.25, 0.3) is 16.9 Å². The predicted molar refractivity (Wildman–Crippen MR) is 80.9 cm³/mol. The number of para-hydroxylation sites is 1. The Morgan fingerprint density at radius 2 is 2.10 bits per heavy atom. The summed E-state index contributed by atoms with van der Waals surface area (Å²) in [6, 6.07) is 7.36. The number of hydrogen-bond acceptors (Lipinski definition) is 3. The van der Waals surface area contributed by atoms with Gasteiger partial charge in [-0.25, -0.2) is 4.68 Å². The predicted octanol–water partition coefficient (Wildman–Crippen LogP) is 3.22. The molecule has 3 rings (SSSR count). The molecule has 3 aromatic rings. The normalized spacial score (nSPS) is 10.8. The third kappa shape index (κ3) is 2.48. The lowest BCUT2D eigenvalue weighted by molar-refractivity contribution is 0.112.